The molecule has 28 nitrogen and oxygen atoms in total. The van der Waals surface area contributed by atoms with E-state index in [0.29, 0.717) is 24.3 Å². The lowest BCUT2D eigenvalue weighted by molar-refractivity contribution is -0.136. The summed E-state index contributed by atoms with van der Waals surface area (Å²) in [6.07, 6.45) is -0.222. The lowest BCUT2D eigenvalue weighted by atomic mass is 9.96. The van der Waals surface area contributed by atoms with Crippen molar-refractivity contribution in [3.63, 3.8) is 0 Å². The van der Waals surface area contributed by atoms with Gasteiger partial charge in [-0.3, -0.25) is 53.3 Å². The molecule has 0 radical (unpaired) electrons. The van der Waals surface area contributed by atoms with Crippen molar-refractivity contribution in [2.75, 3.05) is 45.8 Å². The second kappa shape index (κ2) is 39.1. The number of benzene rings is 1. The van der Waals surface area contributed by atoms with Gasteiger partial charge in [0.2, 0.25) is 59.1 Å². The quantitative estimate of drug-likeness (QED) is 0.0349. The van der Waals surface area contributed by atoms with E-state index in [1.807, 2.05) is 0 Å². The monoisotopic (exact) mass is 1160 g/mol. The number of aliphatic hydroxyl groups excluding tert-OH is 2. The second-order valence-corrected chi connectivity index (χ2v) is 20.9. The van der Waals surface area contributed by atoms with E-state index in [1.165, 1.54) is 6.92 Å². The molecule has 23 N–H and O–H groups in total. The summed E-state index contributed by atoms with van der Waals surface area (Å²) in [4.78, 5) is 138. The Bertz CT molecular complexity index is 2180. The van der Waals surface area contributed by atoms with Crippen LogP contribution in [0, 0.1) is 11.8 Å². The zero-order valence-corrected chi connectivity index (χ0v) is 48.4. The molecule has 13 unspecified atom stereocenters. The van der Waals surface area contributed by atoms with Crippen molar-refractivity contribution in [2.45, 2.75) is 185 Å². The zero-order valence-electron chi connectivity index (χ0n) is 48.4. The number of hydrogen-bond acceptors (Lipinski definition) is 18. The van der Waals surface area contributed by atoms with Crippen molar-refractivity contribution in [3.8, 4) is 0 Å². The van der Waals surface area contributed by atoms with Gasteiger partial charge in [0.25, 0.3) is 0 Å². The SMILES string of the molecule is CCC(C)CCCCC(=O)NC(CCN)C(=O)NCC(=O)NC(CCN)C(=O)NC1CCNC(=O)C(C(C)O)NC(=O)C(CCN)NC(=O)C(CCN)NC(=O)C(C(C)CC)NC(=O)C(Cc2ccccc2)NC(=O)C(CCN)NC1O. The Morgan fingerprint density at radius 2 is 1.13 bits per heavy atom. The Morgan fingerprint density at radius 3 is 1.71 bits per heavy atom. The predicted octanol–water partition coefficient (Wildman–Crippen LogP) is -5.20. The maximum absolute atomic E-state index is 14.4. The van der Waals surface area contributed by atoms with E-state index in [-0.39, 0.29) is 96.5 Å². The molecule has 2 rings (SSSR count). The van der Waals surface area contributed by atoms with Crippen molar-refractivity contribution < 1.29 is 58.2 Å². The van der Waals surface area contributed by atoms with Crippen LogP contribution in [0.15, 0.2) is 30.3 Å². The Labute approximate surface area is 481 Å². The van der Waals surface area contributed by atoms with Crippen LogP contribution in [0.5, 0.6) is 0 Å². The molecule has 1 saturated heterocycles. The van der Waals surface area contributed by atoms with Crippen LogP contribution in [0.25, 0.3) is 0 Å². The molecular weight excluding hydrogens is 1060 g/mol. The van der Waals surface area contributed by atoms with Crippen LogP contribution in [-0.4, -0.2) is 182 Å². The topological polar surface area (TPSA) is 474 Å². The summed E-state index contributed by atoms with van der Waals surface area (Å²) >= 11 is 0. The fourth-order valence-corrected chi connectivity index (χ4v) is 8.84. The molecule has 13 atom stereocenters. The van der Waals surface area contributed by atoms with Gasteiger partial charge in [-0.15, -0.1) is 0 Å². The largest absolute Gasteiger partial charge is 0.391 e. The minimum atomic E-state index is -1.85. The van der Waals surface area contributed by atoms with Crippen LogP contribution in [0.4, 0.5) is 0 Å². The molecule has 0 saturated carbocycles. The highest BCUT2D eigenvalue weighted by Gasteiger charge is 2.37. The molecule has 1 aromatic rings. The third-order valence-corrected chi connectivity index (χ3v) is 14.2. The van der Waals surface area contributed by atoms with Gasteiger partial charge in [0.05, 0.1) is 24.7 Å². The van der Waals surface area contributed by atoms with Gasteiger partial charge in [-0.05, 0) is 102 Å². The minimum absolute atomic E-state index is 0.0530. The first-order chi connectivity index (χ1) is 39.1. The number of rotatable bonds is 28. The standard InChI is InChI=1S/C54H96N16O12/c1-6-31(3)13-11-12-16-42(72)62-35(17-23-55)46(74)61-30-43(73)63-36(18-24-56)47(75)66-40-22-28-60-53(81)45(33(5)71)70-51(79)39(21-27-59)65-48(76)38(20-26-58)67-54(82)44(32(4)7-2)69-52(80)41(29-34-14-9-8-10-15-34)68-49(77)37(19-25-57)64-50(40)78/h8-10,14-15,31-33,35-41,44-45,50,64,71,78H,6-7,11-13,16-30,55-59H2,1-5H3,(H,60,81)(H,61,74)(H,62,72)(H,63,73)(H,65,76)(H,66,75)(H,67,82)(H,68,77)(H,69,80)(H,70,79). The number of amides is 10. The van der Waals surface area contributed by atoms with E-state index in [2.05, 4.69) is 72.3 Å². The van der Waals surface area contributed by atoms with Crippen LogP contribution in [0.2, 0.25) is 0 Å². The smallest absolute Gasteiger partial charge is 0.245 e. The first kappa shape index (κ1) is 71.7. The van der Waals surface area contributed by atoms with E-state index in [9.17, 15) is 58.2 Å². The molecule has 464 valence electrons. The van der Waals surface area contributed by atoms with Crippen LogP contribution < -0.4 is 87.2 Å². The number of hydrogen-bond donors (Lipinski definition) is 18. The summed E-state index contributed by atoms with van der Waals surface area (Å²) in [5.41, 5.74) is 29.9. The van der Waals surface area contributed by atoms with Crippen LogP contribution in [0.1, 0.15) is 117 Å². The first-order valence-corrected chi connectivity index (χ1v) is 28.7. The van der Waals surface area contributed by atoms with Gasteiger partial charge >= 0.3 is 0 Å². The molecule has 1 aromatic carbocycles. The molecule has 1 fully saturated rings. The van der Waals surface area contributed by atoms with Gasteiger partial charge in [0.1, 0.15) is 48.5 Å². The van der Waals surface area contributed by atoms with Crippen molar-refractivity contribution in [2.24, 2.45) is 40.5 Å². The van der Waals surface area contributed by atoms with Crippen molar-refractivity contribution in [1.82, 2.24) is 58.5 Å². The normalized spacial score (nSPS) is 23.8. The van der Waals surface area contributed by atoms with E-state index >= 15 is 0 Å². The second-order valence-electron chi connectivity index (χ2n) is 20.9. The molecular formula is C54H96N16O12. The molecule has 0 spiro atoms. The van der Waals surface area contributed by atoms with Crippen LogP contribution >= 0.6 is 0 Å². The average molecular weight is 1160 g/mol. The average Bonchev–Trinajstić information content (AvgIpc) is 3.46. The molecule has 10 amide bonds. The molecule has 1 aliphatic heterocycles. The van der Waals surface area contributed by atoms with Crippen molar-refractivity contribution in [1.29, 1.82) is 0 Å². The Balaban J connectivity index is 2.60. The molecule has 1 heterocycles. The van der Waals surface area contributed by atoms with Crippen molar-refractivity contribution >= 4 is 59.1 Å². The molecule has 82 heavy (non-hydrogen) atoms. The number of carbonyl (C=O) groups is 10. The lowest BCUT2D eigenvalue weighted by Gasteiger charge is -2.31. The van der Waals surface area contributed by atoms with E-state index in [0.717, 1.165) is 19.3 Å². The maximum atomic E-state index is 14.4. The van der Waals surface area contributed by atoms with Gasteiger partial charge in [-0.25, -0.2) is 0 Å². The third-order valence-electron chi connectivity index (χ3n) is 14.2. The lowest BCUT2D eigenvalue weighted by Crippen LogP contribution is -2.62. The van der Waals surface area contributed by atoms with Gasteiger partial charge in [0.15, 0.2) is 0 Å². The summed E-state index contributed by atoms with van der Waals surface area (Å²) in [6, 6.07) is -3.55. The number of nitrogens with one attached hydrogen (secondary N) is 11. The Morgan fingerprint density at radius 1 is 0.610 bits per heavy atom. The summed E-state index contributed by atoms with van der Waals surface area (Å²) in [5.74, 6) is -7.86. The maximum Gasteiger partial charge on any atom is 0.245 e. The van der Waals surface area contributed by atoms with E-state index < -0.39 is 132 Å². The molecule has 1 aliphatic rings. The fourth-order valence-electron chi connectivity index (χ4n) is 8.84. The fraction of sp³-hybridized carbons (Fsp3) is 0.704. The van der Waals surface area contributed by atoms with Crippen molar-refractivity contribution in [3.05, 3.63) is 35.9 Å². The number of aliphatic hydroxyl groups is 2. The van der Waals surface area contributed by atoms with Gasteiger partial charge in [0, 0.05) is 19.4 Å². The number of unbranched alkanes of at least 4 members (excludes halogenated alkanes) is 1. The first-order valence-electron chi connectivity index (χ1n) is 28.7. The van der Waals surface area contributed by atoms with E-state index in [4.69, 9.17) is 28.7 Å². The van der Waals surface area contributed by atoms with Gasteiger partial charge < -0.3 is 92.0 Å². The van der Waals surface area contributed by atoms with Crippen LogP contribution in [-0.2, 0) is 54.4 Å². The predicted molar refractivity (Wildman–Crippen MR) is 307 cm³/mol. The summed E-state index contributed by atoms with van der Waals surface area (Å²) in [6.45, 7) is 7.50. The van der Waals surface area contributed by atoms with Gasteiger partial charge in [-0.1, -0.05) is 83.7 Å². The highest BCUT2D eigenvalue weighted by Crippen LogP contribution is 2.14. The highest BCUT2D eigenvalue weighted by molar-refractivity contribution is 5.97. The molecule has 0 bridgehead atoms. The summed E-state index contributed by atoms with van der Waals surface area (Å²) < 4.78 is 0. The Hall–Kier alpha value is -6.40. The molecule has 28 heteroatoms. The minimum Gasteiger partial charge on any atom is -0.391 e. The van der Waals surface area contributed by atoms with Crippen LogP contribution in [0.3, 0.4) is 0 Å². The van der Waals surface area contributed by atoms with E-state index in [1.54, 1.807) is 44.2 Å². The summed E-state index contributed by atoms with van der Waals surface area (Å²) in [5, 5.41) is 51.5. The number of carbonyl (C=O) groups excluding carboxylic acids is 10. The Kier molecular flexibility index (Phi) is 34.2. The highest BCUT2D eigenvalue weighted by atomic mass is 16.3. The zero-order chi connectivity index (χ0) is 61.3. The third kappa shape index (κ3) is 25.8. The molecule has 0 aliphatic carbocycles. The van der Waals surface area contributed by atoms with Gasteiger partial charge in [-0.2, -0.15) is 0 Å². The number of nitrogens with two attached hydrogens (primary N) is 5. The molecule has 0 aromatic heterocycles. The summed E-state index contributed by atoms with van der Waals surface area (Å²) in [7, 11) is 0.